The standard InChI is InChI=1S/C12H26N2O2/c1-4-13-11(9-15)5-6-14-7-8-16-10-12(14,2)3/h11,13,15H,4-10H2,1-3H3. The molecule has 1 fully saturated rings. The second kappa shape index (κ2) is 6.55. The van der Waals surface area contributed by atoms with Gasteiger partial charge in [-0.05, 0) is 26.8 Å². The number of hydrogen-bond acceptors (Lipinski definition) is 4. The summed E-state index contributed by atoms with van der Waals surface area (Å²) in [5.74, 6) is 0. The lowest BCUT2D eigenvalue weighted by atomic mass is 10.0. The molecule has 4 heteroatoms. The smallest absolute Gasteiger partial charge is 0.0645 e. The lowest BCUT2D eigenvalue weighted by Crippen LogP contribution is -2.54. The van der Waals surface area contributed by atoms with E-state index in [1.54, 1.807) is 0 Å². The summed E-state index contributed by atoms with van der Waals surface area (Å²) in [6.07, 6.45) is 0.994. The van der Waals surface area contributed by atoms with E-state index in [-0.39, 0.29) is 18.2 Å². The average molecular weight is 230 g/mol. The third kappa shape index (κ3) is 4.01. The minimum absolute atomic E-state index is 0.129. The molecular weight excluding hydrogens is 204 g/mol. The first-order valence-electron chi connectivity index (χ1n) is 6.27. The van der Waals surface area contributed by atoms with E-state index in [0.29, 0.717) is 0 Å². The summed E-state index contributed by atoms with van der Waals surface area (Å²) in [4.78, 5) is 2.45. The molecule has 0 aliphatic carbocycles. The van der Waals surface area contributed by atoms with Crippen molar-refractivity contribution < 1.29 is 9.84 Å². The molecule has 1 unspecified atom stereocenters. The first kappa shape index (κ1) is 13.9. The van der Waals surface area contributed by atoms with Crippen molar-refractivity contribution in [1.82, 2.24) is 10.2 Å². The Morgan fingerprint density at radius 2 is 2.25 bits per heavy atom. The van der Waals surface area contributed by atoms with Crippen molar-refractivity contribution in [3.63, 3.8) is 0 Å². The Kier molecular flexibility index (Phi) is 5.69. The minimum atomic E-state index is 0.129. The van der Waals surface area contributed by atoms with E-state index in [4.69, 9.17) is 4.74 Å². The number of nitrogens with zero attached hydrogens (tertiary/aromatic N) is 1. The molecule has 4 nitrogen and oxygen atoms in total. The van der Waals surface area contributed by atoms with Crippen LogP contribution in [0.4, 0.5) is 0 Å². The molecule has 0 bridgehead atoms. The molecular formula is C12H26N2O2. The SMILES string of the molecule is CCNC(CO)CCN1CCOCC1(C)C. The Bertz CT molecular complexity index is 197. The Hall–Kier alpha value is -0.160. The molecule has 1 atom stereocenters. The van der Waals surface area contributed by atoms with Gasteiger partial charge in [0, 0.05) is 24.7 Å². The summed E-state index contributed by atoms with van der Waals surface area (Å²) in [5, 5.41) is 12.5. The molecule has 0 spiro atoms. The van der Waals surface area contributed by atoms with Gasteiger partial charge >= 0.3 is 0 Å². The fourth-order valence-electron chi connectivity index (χ4n) is 2.16. The van der Waals surface area contributed by atoms with Gasteiger partial charge in [-0.1, -0.05) is 6.92 Å². The predicted molar refractivity (Wildman–Crippen MR) is 65.6 cm³/mol. The molecule has 1 rings (SSSR count). The van der Waals surface area contributed by atoms with Gasteiger partial charge in [0.05, 0.1) is 19.8 Å². The topological polar surface area (TPSA) is 44.7 Å². The van der Waals surface area contributed by atoms with Gasteiger partial charge in [-0.3, -0.25) is 4.90 Å². The zero-order chi connectivity index (χ0) is 12.0. The first-order chi connectivity index (χ1) is 7.60. The molecule has 1 heterocycles. The van der Waals surface area contributed by atoms with Gasteiger partial charge < -0.3 is 15.2 Å². The normalized spacial score (nSPS) is 23.2. The molecule has 0 aromatic heterocycles. The summed E-state index contributed by atoms with van der Waals surface area (Å²) in [6.45, 7) is 11.3. The van der Waals surface area contributed by atoms with E-state index in [9.17, 15) is 5.11 Å². The summed E-state index contributed by atoms with van der Waals surface area (Å²) in [5.41, 5.74) is 0.129. The third-order valence-electron chi connectivity index (χ3n) is 3.28. The van der Waals surface area contributed by atoms with Gasteiger partial charge in [-0.15, -0.1) is 0 Å². The number of likely N-dealkylation sites (N-methyl/N-ethyl adjacent to an activating group) is 1. The van der Waals surface area contributed by atoms with Crippen LogP contribution in [-0.2, 0) is 4.74 Å². The first-order valence-corrected chi connectivity index (χ1v) is 6.27. The molecule has 0 saturated carbocycles. The zero-order valence-corrected chi connectivity index (χ0v) is 10.8. The van der Waals surface area contributed by atoms with Crippen LogP contribution in [0.1, 0.15) is 27.2 Å². The number of nitrogens with one attached hydrogen (secondary N) is 1. The summed E-state index contributed by atoms with van der Waals surface area (Å²) in [7, 11) is 0. The van der Waals surface area contributed by atoms with E-state index in [1.165, 1.54) is 0 Å². The van der Waals surface area contributed by atoms with Gasteiger partial charge in [-0.25, -0.2) is 0 Å². The van der Waals surface area contributed by atoms with Crippen molar-refractivity contribution in [3.05, 3.63) is 0 Å². The molecule has 2 N–H and O–H groups in total. The molecule has 16 heavy (non-hydrogen) atoms. The fourth-order valence-corrected chi connectivity index (χ4v) is 2.16. The predicted octanol–water partition coefficient (Wildman–Crippen LogP) is 0.458. The van der Waals surface area contributed by atoms with E-state index in [0.717, 1.165) is 39.3 Å². The lowest BCUT2D eigenvalue weighted by Gasteiger charge is -2.42. The highest BCUT2D eigenvalue weighted by molar-refractivity contribution is 4.85. The second-order valence-corrected chi connectivity index (χ2v) is 5.08. The highest BCUT2D eigenvalue weighted by atomic mass is 16.5. The van der Waals surface area contributed by atoms with Crippen molar-refractivity contribution in [2.75, 3.05) is 39.5 Å². The number of aliphatic hydroxyl groups excluding tert-OH is 1. The van der Waals surface area contributed by atoms with E-state index >= 15 is 0 Å². The van der Waals surface area contributed by atoms with Crippen LogP contribution in [0.2, 0.25) is 0 Å². The Morgan fingerprint density at radius 3 is 2.81 bits per heavy atom. The molecule has 96 valence electrons. The lowest BCUT2D eigenvalue weighted by molar-refractivity contribution is -0.0525. The molecule has 0 amide bonds. The van der Waals surface area contributed by atoms with Crippen LogP contribution in [0.5, 0.6) is 0 Å². The van der Waals surface area contributed by atoms with Gasteiger partial charge in [0.25, 0.3) is 0 Å². The largest absolute Gasteiger partial charge is 0.395 e. The maximum Gasteiger partial charge on any atom is 0.0645 e. The molecule has 0 radical (unpaired) electrons. The maximum atomic E-state index is 9.21. The highest BCUT2D eigenvalue weighted by Gasteiger charge is 2.30. The van der Waals surface area contributed by atoms with Crippen molar-refractivity contribution >= 4 is 0 Å². The van der Waals surface area contributed by atoms with E-state index in [1.807, 2.05) is 0 Å². The van der Waals surface area contributed by atoms with Crippen LogP contribution in [-0.4, -0.2) is 61.0 Å². The van der Waals surface area contributed by atoms with E-state index in [2.05, 4.69) is 31.0 Å². The monoisotopic (exact) mass is 230 g/mol. The van der Waals surface area contributed by atoms with Crippen LogP contribution in [0.3, 0.4) is 0 Å². The molecule has 0 aromatic carbocycles. The van der Waals surface area contributed by atoms with Crippen LogP contribution in [0.15, 0.2) is 0 Å². The van der Waals surface area contributed by atoms with Crippen molar-refractivity contribution in [3.8, 4) is 0 Å². The van der Waals surface area contributed by atoms with Crippen LogP contribution >= 0.6 is 0 Å². The fraction of sp³-hybridized carbons (Fsp3) is 1.00. The maximum absolute atomic E-state index is 9.21. The number of morpholine rings is 1. The number of rotatable bonds is 6. The van der Waals surface area contributed by atoms with Crippen molar-refractivity contribution in [1.29, 1.82) is 0 Å². The number of aliphatic hydroxyl groups is 1. The third-order valence-corrected chi connectivity index (χ3v) is 3.28. The van der Waals surface area contributed by atoms with Crippen LogP contribution in [0, 0.1) is 0 Å². The quantitative estimate of drug-likeness (QED) is 0.696. The van der Waals surface area contributed by atoms with Crippen LogP contribution in [0.25, 0.3) is 0 Å². The minimum Gasteiger partial charge on any atom is -0.395 e. The number of ether oxygens (including phenoxy) is 1. The number of hydrogen-bond donors (Lipinski definition) is 2. The van der Waals surface area contributed by atoms with Crippen molar-refractivity contribution in [2.24, 2.45) is 0 Å². The van der Waals surface area contributed by atoms with Crippen molar-refractivity contribution in [2.45, 2.75) is 38.8 Å². The second-order valence-electron chi connectivity index (χ2n) is 5.08. The summed E-state index contributed by atoms with van der Waals surface area (Å²) >= 11 is 0. The Labute approximate surface area is 99.0 Å². The van der Waals surface area contributed by atoms with E-state index < -0.39 is 0 Å². The zero-order valence-electron chi connectivity index (χ0n) is 10.8. The highest BCUT2D eigenvalue weighted by Crippen LogP contribution is 2.19. The molecule has 1 aliphatic rings. The van der Waals surface area contributed by atoms with Gasteiger partial charge in [0.15, 0.2) is 0 Å². The Morgan fingerprint density at radius 1 is 1.50 bits per heavy atom. The molecule has 0 aromatic rings. The summed E-state index contributed by atoms with van der Waals surface area (Å²) in [6, 6.07) is 0.226. The van der Waals surface area contributed by atoms with Gasteiger partial charge in [-0.2, -0.15) is 0 Å². The molecule has 1 saturated heterocycles. The van der Waals surface area contributed by atoms with Gasteiger partial charge in [0.2, 0.25) is 0 Å². The van der Waals surface area contributed by atoms with Crippen LogP contribution < -0.4 is 5.32 Å². The average Bonchev–Trinajstić information content (AvgIpc) is 2.25. The summed E-state index contributed by atoms with van der Waals surface area (Å²) < 4.78 is 5.49. The van der Waals surface area contributed by atoms with Gasteiger partial charge in [0.1, 0.15) is 0 Å². The molecule has 1 aliphatic heterocycles. The Balaban J connectivity index is 2.34.